The number of hydrogen-bond acceptors (Lipinski definition) is 8. The Balaban J connectivity index is 1.63. The van der Waals surface area contributed by atoms with Gasteiger partial charge in [0.05, 0.1) is 0 Å². The molecule has 0 aliphatic carbocycles. The van der Waals surface area contributed by atoms with Crippen LogP contribution in [0.2, 0.25) is 11.4 Å². The van der Waals surface area contributed by atoms with Crippen LogP contribution in [0.4, 0.5) is 0 Å². The van der Waals surface area contributed by atoms with E-state index in [0.717, 1.165) is 18.4 Å². The first-order valence-electron chi connectivity index (χ1n) is 13.2. The average Bonchev–Trinajstić information content (AvgIpc) is 3.06. The fraction of sp³-hybridized carbons (Fsp3) is 0.519. The van der Waals surface area contributed by atoms with Crippen LogP contribution in [0, 0.1) is 6.92 Å². The van der Waals surface area contributed by atoms with Crippen molar-refractivity contribution in [3.63, 3.8) is 0 Å². The average molecular weight is 657 g/mol. The van der Waals surface area contributed by atoms with Crippen LogP contribution in [0.5, 0.6) is 11.5 Å². The number of rotatable bonds is 9. The Morgan fingerprint density at radius 1 is 1.07 bits per heavy atom. The standard InChI is InChI=1S/C27H37AsN2O8S2/c1-21-7-11-23(12-8-21)37-24-13-9-22(10-14-24)27(20-25(31)29-38-26-6-4-5-18-36-26)15-16-30(17-19-39(27,32)33)40(34,35)28(2)3/h7-14,26H,4-6,15-20H2,1-3H3,(H,29,31). The van der Waals surface area contributed by atoms with E-state index >= 15 is 0 Å². The van der Waals surface area contributed by atoms with E-state index in [9.17, 15) is 21.6 Å². The second-order valence-corrected chi connectivity index (χ2v) is 24.2. The van der Waals surface area contributed by atoms with Crippen LogP contribution in [0.15, 0.2) is 48.5 Å². The second kappa shape index (κ2) is 12.9. The predicted octanol–water partition coefficient (Wildman–Crippen LogP) is 3.65. The summed E-state index contributed by atoms with van der Waals surface area (Å²) in [5.74, 6) is 0.130. The van der Waals surface area contributed by atoms with Gasteiger partial charge in [0, 0.05) is 0 Å². The Kier molecular flexibility index (Phi) is 10.0. The van der Waals surface area contributed by atoms with Gasteiger partial charge >= 0.3 is 210 Å². The first kappa shape index (κ1) is 31.0. The maximum absolute atomic E-state index is 13.9. The number of nitrogens with zero attached hydrogens (tertiary/aromatic N) is 1. The smallest absolute Gasteiger partial charge is 0.0556 e. The molecule has 2 heterocycles. The molecule has 10 nitrogen and oxygen atoms in total. The van der Waals surface area contributed by atoms with Crippen molar-refractivity contribution in [3.05, 3.63) is 59.7 Å². The molecule has 1 N–H and O–H groups in total. The van der Waals surface area contributed by atoms with Crippen molar-refractivity contribution >= 4 is 37.5 Å². The summed E-state index contributed by atoms with van der Waals surface area (Å²) in [5, 5.41) is 0. The molecule has 2 unspecified atom stereocenters. The summed E-state index contributed by atoms with van der Waals surface area (Å²) in [7, 11) is -7.54. The monoisotopic (exact) mass is 656 g/mol. The van der Waals surface area contributed by atoms with Crippen LogP contribution in [0.3, 0.4) is 0 Å². The minimum absolute atomic E-state index is 0.00398. The molecule has 2 fully saturated rings. The van der Waals surface area contributed by atoms with Crippen LogP contribution in [0.25, 0.3) is 0 Å². The normalized spacial score (nSPS) is 23.9. The molecule has 220 valence electrons. The van der Waals surface area contributed by atoms with Crippen molar-refractivity contribution in [2.75, 3.05) is 25.4 Å². The number of nitrogens with one attached hydrogen (secondary N) is 1. The minimum atomic E-state index is -3.99. The van der Waals surface area contributed by atoms with Gasteiger partial charge in [-0.25, -0.2) is 0 Å². The molecule has 0 bridgehead atoms. The van der Waals surface area contributed by atoms with Crippen molar-refractivity contribution in [2.45, 2.75) is 61.5 Å². The van der Waals surface area contributed by atoms with E-state index in [0.29, 0.717) is 30.1 Å². The number of benzene rings is 2. The van der Waals surface area contributed by atoms with E-state index < -0.39 is 60.7 Å². The van der Waals surface area contributed by atoms with Crippen LogP contribution < -0.4 is 10.2 Å². The van der Waals surface area contributed by atoms with Crippen molar-refractivity contribution in [1.82, 2.24) is 9.79 Å². The van der Waals surface area contributed by atoms with Crippen LogP contribution in [0.1, 0.15) is 43.2 Å². The molecule has 1 amide bonds. The van der Waals surface area contributed by atoms with Gasteiger partial charge in [0.15, 0.2) is 0 Å². The molecule has 2 atom stereocenters. The third-order valence-corrected chi connectivity index (χ3v) is 19.0. The SMILES string of the molecule is Cc1ccc(Oc2ccc(C3(CC(=O)NOC4CCCCO4)CCN(S(=O)(=O)[As](C)C)CCS3(=O)=O)cc2)cc1. The third kappa shape index (κ3) is 7.09. The van der Waals surface area contributed by atoms with Crippen molar-refractivity contribution in [2.24, 2.45) is 0 Å². The number of amides is 1. The molecule has 0 aromatic heterocycles. The first-order valence-corrected chi connectivity index (χ1v) is 22.3. The van der Waals surface area contributed by atoms with Gasteiger partial charge in [-0.15, -0.1) is 0 Å². The Bertz CT molecular complexity index is 1380. The first-order chi connectivity index (χ1) is 18.9. The molecule has 13 heteroatoms. The van der Waals surface area contributed by atoms with Gasteiger partial charge in [-0.2, -0.15) is 0 Å². The van der Waals surface area contributed by atoms with Gasteiger partial charge in [-0.05, 0) is 13.3 Å². The summed E-state index contributed by atoms with van der Waals surface area (Å²) in [4.78, 5) is 18.6. The molecule has 2 aliphatic heterocycles. The fourth-order valence-corrected chi connectivity index (χ4v) is 12.1. The van der Waals surface area contributed by atoms with Gasteiger partial charge in [0.2, 0.25) is 0 Å². The van der Waals surface area contributed by atoms with E-state index in [2.05, 4.69) is 5.48 Å². The van der Waals surface area contributed by atoms with E-state index in [1.807, 2.05) is 31.2 Å². The molecular weight excluding hydrogens is 619 g/mol. The minimum Gasteiger partial charge on any atom is -0.0556 e. The van der Waals surface area contributed by atoms with Gasteiger partial charge in [-0.3, -0.25) is 0 Å². The molecule has 0 radical (unpaired) electrons. The Morgan fingerprint density at radius 2 is 1.73 bits per heavy atom. The van der Waals surface area contributed by atoms with Crippen molar-refractivity contribution in [3.8, 4) is 11.5 Å². The molecule has 0 saturated carbocycles. The molecule has 2 saturated heterocycles. The number of hydrogen-bond donors (Lipinski definition) is 1. The quantitative estimate of drug-likeness (QED) is 0.320. The van der Waals surface area contributed by atoms with Gasteiger partial charge in [0.1, 0.15) is 0 Å². The van der Waals surface area contributed by atoms with Crippen LogP contribution in [-0.4, -0.2) is 72.3 Å². The number of sulfone groups is 1. The molecular formula is C27H37AsN2O8S2. The molecule has 2 aromatic carbocycles. The van der Waals surface area contributed by atoms with Crippen molar-refractivity contribution < 1.29 is 35.9 Å². The predicted molar refractivity (Wildman–Crippen MR) is 153 cm³/mol. The third-order valence-electron chi connectivity index (χ3n) is 7.28. The fourth-order valence-electron chi connectivity index (χ4n) is 4.88. The Labute approximate surface area is 240 Å². The van der Waals surface area contributed by atoms with Gasteiger partial charge < -0.3 is 0 Å². The van der Waals surface area contributed by atoms with E-state index in [1.54, 1.807) is 35.7 Å². The summed E-state index contributed by atoms with van der Waals surface area (Å²) in [6.07, 6.45) is 1.36. The summed E-state index contributed by atoms with van der Waals surface area (Å²) in [5.41, 5.74) is 7.29. The number of hydroxylamine groups is 1. The topological polar surface area (TPSA) is 128 Å². The van der Waals surface area contributed by atoms with Crippen molar-refractivity contribution in [1.29, 1.82) is 0 Å². The molecule has 2 aromatic rings. The van der Waals surface area contributed by atoms with Crippen LogP contribution >= 0.6 is 0 Å². The van der Waals surface area contributed by atoms with E-state index in [-0.39, 0.29) is 19.5 Å². The molecule has 2 aliphatic rings. The Morgan fingerprint density at radius 3 is 2.33 bits per heavy atom. The summed E-state index contributed by atoms with van der Waals surface area (Å²) >= 11 is -2.23. The molecule has 40 heavy (non-hydrogen) atoms. The van der Waals surface area contributed by atoms with E-state index in [1.165, 1.54) is 4.31 Å². The number of ether oxygens (including phenoxy) is 2. The van der Waals surface area contributed by atoms with Gasteiger partial charge in [-0.1, -0.05) is 17.7 Å². The van der Waals surface area contributed by atoms with E-state index in [4.69, 9.17) is 14.3 Å². The summed E-state index contributed by atoms with van der Waals surface area (Å²) in [6.45, 7) is 2.36. The Hall–Kier alpha value is -1.95. The zero-order valence-electron chi connectivity index (χ0n) is 23.0. The second-order valence-electron chi connectivity index (χ2n) is 10.3. The maximum atomic E-state index is 13.9. The molecule has 4 rings (SSSR count). The molecule has 0 spiro atoms. The number of carbonyl (C=O) groups excluding carboxylic acids is 1. The summed E-state index contributed by atoms with van der Waals surface area (Å²) in [6, 6.07) is 14.1. The van der Waals surface area contributed by atoms with Gasteiger partial charge in [0.25, 0.3) is 0 Å². The zero-order valence-corrected chi connectivity index (χ0v) is 26.5. The summed E-state index contributed by atoms with van der Waals surface area (Å²) < 4.78 is 64.9. The number of aryl methyl sites for hydroxylation is 1. The zero-order chi connectivity index (χ0) is 29.0. The van der Waals surface area contributed by atoms with Crippen LogP contribution in [-0.2, 0) is 37.2 Å². The number of carbonyl (C=O) groups is 1.